The van der Waals surface area contributed by atoms with Crippen molar-refractivity contribution >= 4 is 0 Å². The van der Waals surface area contributed by atoms with Gasteiger partial charge in [-0.05, 0) is 30.9 Å². The normalized spacial score (nSPS) is 10.4. The van der Waals surface area contributed by atoms with Crippen molar-refractivity contribution in [3.05, 3.63) is 36.2 Å². The van der Waals surface area contributed by atoms with Gasteiger partial charge in [-0.15, -0.1) is 0 Å². The van der Waals surface area contributed by atoms with Crippen LogP contribution in [0.3, 0.4) is 0 Å². The van der Waals surface area contributed by atoms with Gasteiger partial charge in [0.05, 0.1) is 7.11 Å². The Bertz CT molecular complexity index is 264. The number of aryl methyl sites for hydroxylation is 1. The molecular weight excluding hydrogens is 148 g/mol. The molecule has 0 aromatic heterocycles. The molecule has 1 nitrogen and oxygen atoms in total. The van der Waals surface area contributed by atoms with Crippen molar-refractivity contribution in [2.45, 2.75) is 19.8 Å². The summed E-state index contributed by atoms with van der Waals surface area (Å²) < 4.78 is 5.30. The molecule has 1 radical (unpaired) electrons. The summed E-state index contributed by atoms with van der Waals surface area (Å²) in [5, 5.41) is 0. The third kappa shape index (κ3) is 1.60. The van der Waals surface area contributed by atoms with Gasteiger partial charge < -0.3 is 4.74 Å². The van der Waals surface area contributed by atoms with Gasteiger partial charge in [-0.25, -0.2) is 0 Å². The summed E-state index contributed by atoms with van der Waals surface area (Å²) in [6.07, 6.45) is 0. The highest BCUT2D eigenvalue weighted by molar-refractivity contribution is 5.42. The van der Waals surface area contributed by atoms with E-state index in [1.54, 1.807) is 7.11 Å². The monoisotopic (exact) mass is 163 g/mol. The van der Waals surface area contributed by atoms with Gasteiger partial charge in [-0.3, -0.25) is 0 Å². The van der Waals surface area contributed by atoms with Crippen LogP contribution in [0.4, 0.5) is 0 Å². The maximum Gasteiger partial charge on any atom is 0.125 e. The van der Waals surface area contributed by atoms with Gasteiger partial charge in [0.2, 0.25) is 0 Å². The van der Waals surface area contributed by atoms with E-state index >= 15 is 0 Å². The molecule has 0 saturated carbocycles. The molecule has 0 amide bonds. The summed E-state index contributed by atoms with van der Waals surface area (Å²) in [6, 6.07) is 6.14. The van der Waals surface area contributed by atoms with E-state index in [9.17, 15) is 0 Å². The Labute approximate surface area is 74.4 Å². The first kappa shape index (κ1) is 9.11. The molecule has 1 aromatic carbocycles. The predicted octanol–water partition coefficient (Wildman–Crippen LogP) is 2.94. The number of rotatable bonds is 2. The fourth-order valence-electron chi connectivity index (χ4n) is 1.34. The minimum absolute atomic E-state index is 0.278. The first-order valence-corrected chi connectivity index (χ1v) is 4.13. The number of hydrogen-bond donors (Lipinski definition) is 0. The lowest BCUT2D eigenvalue weighted by molar-refractivity contribution is 0.405. The summed E-state index contributed by atoms with van der Waals surface area (Å²) >= 11 is 0. The molecule has 0 aliphatic heterocycles. The maximum atomic E-state index is 5.30. The topological polar surface area (TPSA) is 9.23 Å². The minimum Gasteiger partial charge on any atom is -0.496 e. The van der Waals surface area contributed by atoms with Crippen molar-refractivity contribution in [2.75, 3.05) is 7.11 Å². The number of methoxy groups -OCH3 is 1. The molecule has 1 rings (SSSR count). The summed E-state index contributed by atoms with van der Waals surface area (Å²) in [4.78, 5) is 0. The van der Waals surface area contributed by atoms with E-state index in [0.29, 0.717) is 0 Å². The van der Waals surface area contributed by atoms with E-state index in [1.165, 1.54) is 11.1 Å². The van der Waals surface area contributed by atoms with Crippen LogP contribution in [0.1, 0.15) is 24.0 Å². The molecule has 0 saturated heterocycles. The molecule has 0 spiro atoms. The highest BCUT2D eigenvalue weighted by Gasteiger charge is 2.07. The van der Waals surface area contributed by atoms with Crippen molar-refractivity contribution in [1.29, 1.82) is 0 Å². The molecule has 0 bridgehead atoms. The third-order valence-electron chi connectivity index (χ3n) is 1.98. The molecular formula is C11H15O. The van der Waals surface area contributed by atoms with E-state index in [2.05, 4.69) is 19.9 Å². The second-order valence-electron chi connectivity index (χ2n) is 3.10. The van der Waals surface area contributed by atoms with Gasteiger partial charge in [0.1, 0.15) is 5.75 Å². The number of benzene rings is 1. The Morgan fingerprint density at radius 1 is 1.42 bits per heavy atom. The molecule has 1 unspecified atom stereocenters. The fourth-order valence-corrected chi connectivity index (χ4v) is 1.34. The van der Waals surface area contributed by atoms with Crippen LogP contribution in [-0.4, -0.2) is 7.11 Å². The molecule has 0 fully saturated rings. The van der Waals surface area contributed by atoms with Gasteiger partial charge in [-0.1, -0.05) is 25.1 Å². The molecule has 1 heteroatoms. The zero-order valence-electron chi connectivity index (χ0n) is 7.92. The van der Waals surface area contributed by atoms with Crippen molar-refractivity contribution in [2.24, 2.45) is 0 Å². The number of ether oxygens (including phenoxy) is 1. The summed E-state index contributed by atoms with van der Waals surface area (Å²) in [5.74, 6) is 1.25. The van der Waals surface area contributed by atoms with E-state index in [0.717, 1.165) is 5.75 Å². The van der Waals surface area contributed by atoms with Gasteiger partial charge in [0, 0.05) is 0 Å². The van der Waals surface area contributed by atoms with Crippen molar-refractivity contribution < 1.29 is 4.74 Å². The molecule has 0 aliphatic carbocycles. The van der Waals surface area contributed by atoms with Crippen LogP contribution in [0.2, 0.25) is 0 Å². The second kappa shape index (κ2) is 3.61. The van der Waals surface area contributed by atoms with Crippen LogP contribution in [-0.2, 0) is 0 Å². The Morgan fingerprint density at radius 2 is 2.08 bits per heavy atom. The summed E-state index contributed by atoms with van der Waals surface area (Å²) in [7, 11) is 1.70. The van der Waals surface area contributed by atoms with E-state index in [4.69, 9.17) is 4.74 Å². The highest BCUT2D eigenvalue weighted by atomic mass is 16.5. The first-order valence-electron chi connectivity index (χ1n) is 4.13. The SMILES string of the molecule is [CH2]C(C)c1cccc(C)c1OC. The van der Waals surface area contributed by atoms with Crippen molar-refractivity contribution in [3.8, 4) is 5.75 Å². The minimum atomic E-state index is 0.278. The zero-order chi connectivity index (χ0) is 9.14. The Morgan fingerprint density at radius 3 is 2.50 bits per heavy atom. The molecule has 0 N–H and O–H groups in total. The van der Waals surface area contributed by atoms with E-state index < -0.39 is 0 Å². The van der Waals surface area contributed by atoms with E-state index in [-0.39, 0.29) is 5.92 Å². The second-order valence-corrected chi connectivity index (χ2v) is 3.10. The van der Waals surface area contributed by atoms with Crippen molar-refractivity contribution in [1.82, 2.24) is 0 Å². The summed E-state index contributed by atoms with van der Waals surface area (Å²) in [6.45, 7) is 8.09. The van der Waals surface area contributed by atoms with Gasteiger partial charge in [-0.2, -0.15) is 0 Å². The van der Waals surface area contributed by atoms with E-state index in [1.807, 2.05) is 19.1 Å². The maximum absolute atomic E-state index is 5.30. The molecule has 1 atom stereocenters. The average Bonchev–Trinajstić information content (AvgIpc) is 2.03. The quantitative estimate of drug-likeness (QED) is 0.651. The molecule has 0 heterocycles. The smallest absolute Gasteiger partial charge is 0.125 e. The largest absolute Gasteiger partial charge is 0.496 e. The fraction of sp³-hybridized carbons (Fsp3) is 0.364. The molecule has 65 valence electrons. The lowest BCUT2D eigenvalue weighted by Gasteiger charge is -2.13. The molecule has 0 aliphatic rings. The lowest BCUT2D eigenvalue weighted by Crippen LogP contribution is -1.96. The standard InChI is InChI=1S/C11H15O/c1-8(2)10-7-5-6-9(3)11(10)12-4/h5-8H,1H2,2-4H3. The zero-order valence-corrected chi connectivity index (χ0v) is 7.92. The van der Waals surface area contributed by atoms with Crippen LogP contribution in [0.5, 0.6) is 5.75 Å². The van der Waals surface area contributed by atoms with Gasteiger partial charge >= 0.3 is 0 Å². The lowest BCUT2D eigenvalue weighted by atomic mass is 10.00. The number of hydrogen-bond acceptors (Lipinski definition) is 1. The molecule has 12 heavy (non-hydrogen) atoms. The van der Waals surface area contributed by atoms with Crippen LogP contribution in [0.15, 0.2) is 18.2 Å². The molecule has 1 aromatic rings. The Balaban J connectivity index is 3.18. The van der Waals surface area contributed by atoms with Gasteiger partial charge in [0.15, 0.2) is 0 Å². The van der Waals surface area contributed by atoms with Crippen LogP contribution >= 0.6 is 0 Å². The third-order valence-corrected chi connectivity index (χ3v) is 1.98. The van der Waals surface area contributed by atoms with Crippen LogP contribution in [0, 0.1) is 13.8 Å². The van der Waals surface area contributed by atoms with Crippen LogP contribution in [0.25, 0.3) is 0 Å². The first-order chi connectivity index (χ1) is 5.66. The average molecular weight is 163 g/mol. The highest BCUT2D eigenvalue weighted by Crippen LogP contribution is 2.28. The van der Waals surface area contributed by atoms with Crippen LogP contribution < -0.4 is 4.74 Å². The van der Waals surface area contributed by atoms with Gasteiger partial charge in [0.25, 0.3) is 0 Å². The van der Waals surface area contributed by atoms with Crippen molar-refractivity contribution in [3.63, 3.8) is 0 Å². The summed E-state index contributed by atoms with van der Waals surface area (Å²) in [5.41, 5.74) is 2.35. The predicted molar refractivity (Wildman–Crippen MR) is 51.5 cm³/mol. The Hall–Kier alpha value is -0.980. The Kier molecular flexibility index (Phi) is 2.74. The number of para-hydroxylation sites is 1.